The van der Waals surface area contributed by atoms with E-state index in [1.807, 2.05) is 12.1 Å². The predicted molar refractivity (Wildman–Crippen MR) is 86.7 cm³/mol. The van der Waals surface area contributed by atoms with Crippen LogP contribution in [0.25, 0.3) is 0 Å². The second-order valence-electron chi connectivity index (χ2n) is 5.05. The maximum atomic E-state index is 5.37. The summed E-state index contributed by atoms with van der Waals surface area (Å²) in [5, 5.41) is 7.49. The van der Waals surface area contributed by atoms with Crippen molar-refractivity contribution < 1.29 is 4.52 Å². The van der Waals surface area contributed by atoms with Crippen LogP contribution in [0.3, 0.4) is 0 Å². The summed E-state index contributed by atoms with van der Waals surface area (Å²) in [7, 11) is 2.09. The van der Waals surface area contributed by atoms with Gasteiger partial charge in [0.25, 0.3) is 0 Å². The van der Waals surface area contributed by atoms with E-state index in [-0.39, 0.29) is 18.4 Å². The van der Waals surface area contributed by atoms with Crippen molar-refractivity contribution in [1.29, 1.82) is 0 Å². The van der Waals surface area contributed by atoms with Gasteiger partial charge in [-0.1, -0.05) is 33.2 Å². The van der Waals surface area contributed by atoms with Gasteiger partial charge in [0.2, 0.25) is 5.89 Å². The molecule has 0 bridgehead atoms. The lowest BCUT2D eigenvalue weighted by Gasteiger charge is -2.30. The molecule has 1 aliphatic heterocycles. The molecule has 1 aliphatic rings. The number of nitrogens with one attached hydrogen (secondary N) is 1. The largest absolute Gasteiger partial charge is 0.339 e. The minimum Gasteiger partial charge on any atom is -0.339 e. The minimum atomic E-state index is 0. The lowest BCUT2D eigenvalue weighted by molar-refractivity contribution is 0.190. The second-order valence-corrected chi connectivity index (χ2v) is 5.97. The van der Waals surface area contributed by atoms with Crippen molar-refractivity contribution in [3.63, 3.8) is 0 Å². The van der Waals surface area contributed by atoms with Crippen LogP contribution in [-0.4, -0.2) is 41.7 Å². The number of nitrogens with zero attached hydrogens (tertiary/aromatic N) is 3. The molecule has 0 spiro atoms. The third kappa shape index (κ3) is 4.03. The summed E-state index contributed by atoms with van der Waals surface area (Å²) in [4.78, 5) is 6.79. The number of piperazine rings is 1. The van der Waals surface area contributed by atoms with E-state index in [4.69, 9.17) is 4.52 Å². The molecule has 1 unspecified atom stereocenters. The molecular formula is C14H18BrClN4O. The van der Waals surface area contributed by atoms with Gasteiger partial charge in [0, 0.05) is 24.1 Å². The van der Waals surface area contributed by atoms with Crippen molar-refractivity contribution in [2.45, 2.75) is 12.5 Å². The Labute approximate surface area is 138 Å². The fraction of sp³-hybridized carbons (Fsp3) is 0.429. The van der Waals surface area contributed by atoms with Gasteiger partial charge in [-0.15, -0.1) is 12.4 Å². The van der Waals surface area contributed by atoms with Crippen LogP contribution in [0.4, 0.5) is 0 Å². The van der Waals surface area contributed by atoms with E-state index in [9.17, 15) is 0 Å². The first-order valence-electron chi connectivity index (χ1n) is 6.70. The molecule has 0 amide bonds. The third-order valence-electron chi connectivity index (χ3n) is 3.56. The zero-order valence-corrected chi connectivity index (χ0v) is 14.2. The van der Waals surface area contributed by atoms with Crippen LogP contribution in [0, 0.1) is 0 Å². The summed E-state index contributed by atoms with van der Waals surface area (Å²) in [5.41, 5.74) is 1.17. The van der Waals surface area contributed by atoms with Crippen LogP contribution in [0.5, 0.6) is 0 Å². The average Bonchev–Trinajstić information content (AvgIpc) is 2.90. The maximum Gasteiger partial charge on any atom is 0.231 e. The Balaban J connectivity index is 0.00000161. The van der Waals surface area contributed by atoms with Gasteiger partial charge in [-0.05, 0) is 24.7 Å². The predicted octanol–water partition coefficient (Wildman–Crippen LogP) is 2.42. The first-order chi connectivity index (χ1) is 9.72. The number of aromatic nitrogens is 2. The summed E-state index contributed by atoms with van der Waals surface area (Å²) in [6, 6.07) is 8.35. The van der Waals surface area contributed by atoms with Gasteiger partial charge in [0.1, 0.15) is 0 Å². The molecule has 1 fully saturated rings. The zero-order valence-electron chi connectivity index (χ0n) is 11.8. The molecule has 1 aromatic carbocycles. The fourth-order valence-electron chi connectivity index (χ4n) is 2.35. The first kappa shape index (κ1) is 16.4. The van der Waals surface area contributed by atoms with Gasteiger partial charge >= 0.3 is 0 Å². The smallest absolute Gasteiger partial charge is 0.231 e. The van der Waals surface area contributed by atoms with E-state index >= 15 is 0 Å². The molecule has 0 aliphatic carbocycles. The number of likely N-dealkylation sites (N-methyl/N-ethyl adjacent to an activating group) is 1. The second kappa shape index (κ2) is 7.35. The number of halogens is 2. The molecule has 3 rings (SSSR count). The highest BCUT2D eigenvalue weighted by molar-refractivity contribution is 9.10. The number of rotatable bonds is 3. The van der Waals surface area contributed by atoms with Crippen LogP contribution in [0.1, 0.15) is 23.3 Å². The lowest BCUT2D eigenvalue weighted by atomic mass is 10.1. The first-order valence-corrected chi connectivity index (χ1v) is 7.49. The highest BCUT2D eigenvalue weighted by Gasteiger charge is 2.25. The van der Waals surface area contributed by atoms with Crippen LogP contribution < -0.4 is 5.32 Å². The van der Waals surface area contributed by atoms with Gasteiger partial charge in [-0.2, -0.15) is 4.98 Å². The molecule has 114 valence electrons. The molecule has 2 aromatic rings. The Kier molecular flexibility index (Phi) is 5.75. The molecule has 0 radical (unpaired) electrons. The van der Waals surface area contributed by atoms with Crippen molar-refractivity contribution in [1.82, 2.24) is 20.4 Å². The fourth-order valence-corrected chi connectivity index (χ4v) is 2.61. The van der Waals surface area contributed by atoms with Crippen LogP contribution in [0.2, 0.25) is 0 Å². The lowest BCUT2D eigenvalue weighted by Crippen LogP contribution is -2.44. The molecular weight excluding hydrogens is 356 g/mol. The number of hydrogen-bond acceptors (Lipinski definition) is 5. The Bertz CT molecular complexity index is 575. The van der Waals surface area contributed by atoms with Gasteiger partial charge in [-0.25, -0.2) is 0 Å². The molecule has 21 heavy (non-hydrogen) atoms. The van der Waals surface area contributed by atoms with Crippen molar-refractivity contribution in [2.75, 3.05) is 26.7 Å². The van der Waals surface area contributed by atoms with Gasteiger partial charge in [-0.3, -0.25) is 4.90 Å². The van der Waals surface area contributed by atoms with Crippen LogP contribution in [0.15, 0.2) is 33.3 Å². The molecule has 1 N–H and O–H groups in total. The van der Waals surface area contributed by atoms with Crippen molar-refractivity contribution in [3.8, 4) is 0 Å². The Morgan fingerprint density at radius 2 is 2.14 bits per heavy atom. The van der Waals surface area contributed by atoms with Crippen molar-refractivity contribution >= 4 is 28.3 Å². The van der Waals surface area contributed by atoms with E-state index in [0.717, 1.165) is 29.9 Å². The highest BCUT2D eigenvalue weighted by Crippen LogP contribution is 2.19. The van der Waals surface area contributed by atoms with Crippen molar-refractivity contribution in [2.24, 2.45) is 0 Å². The molecule has 1 aromatic heterocycles. The van der Waals surface area contributed by atoms with Crippen LogP contribution in [-0.2, 0) is 6.42 Å². The van der Waals surface area contributed by atoms with E-state index in [0.29, 0.717) is 12.3 Å². The molecule has 0 saturated carbocycles. The minimum absolute atomic E-state index is 0. The van der Waals surface area contributed by atoms with E-state index in [1.54, 1.807) is 0 Å². The van der Waals surface area contributed by atoms with Crippen molar-refractivity contribution in [3.05, 3.63) is 46.0 Å². The van der Waals surface area contributed by atoms with E-state index in [1.165, 1.54) is 5.56 Å². The van der Waals surface area contributed by atoms with Gasteiger partial charge < -0.3 is 9.84 Å². The van der Waals surface area contributed by atoms with Crippen LogP contribution >= 0.6 is 28.3 Å². The van der Waals surface area contributed by atoms with Gasteiger partial charge in [0.05, 0.1) is 12.5 Å². The quantitative estimate of drug-likeness (QED) is 0.895. The standard InChI is InChI=1S/C14H17BrN4O.ClH/c1-19-7-6-16-9-12(19)14-17-13(20-18-14)8-10-2-4-11(15)5-3-10;/h2-5,12,16H,6-9H2,1H3;1H. The molecule has 2 heterocycles. The summed E-state index contributed by atoms with van der Waals surface area (Å²) in [5.74, 6) is 1.44. The molecule has 1 atom stereocenters. The maximum absolute atomic E-state index is 5.37. The molecule has 5 nitrogen and oxygen atoms in total. The Hall–Kier alpha value is -0.950. The summed E-state index contributed by atoms with van der Waals surface area (Å²) >= 11 is 3.43. The topological polar surface area (TPSA) is 54.2 Å². The van der Waals surface area contributed by atoms with E-state index in [2.05, 4.69) is 55.5 Å². The van der Waals surface area contributed by atoms with E-state index < -0.39 is 0 Å². The number of hydrogen-bond donors (Lipinski definition) is 1. The monoisotopic (exact) mass is 372 g/mol. The molecule has 7 heteroatoms. The summed E-state index contributed by atoms with van der Waals surface area (Å²) in [6.45, 7) is 2.88. The zero-order chi connectivity index (χ0) is 13.9. The normalized spacial score (nSPS) is 19.2. The molecule has 1 saturated heterocycles. The third-order valence-corrected chi connectivity index (χ3v) is 4.09. The summed E-state index contributed by atoms with van der Waals surface area (Å²) in [6.07, 6.45) is 0.671. The Morgan fingerprint density at radius 3 is 2.86 bits per heavy atom. The highest BCUT2D eigenvalue weighted by atomic mass is 79.9. The summed E-state index contributed by atoms with van der Waals surface area (Å²) < 4.78 is 6.44. The SMILES string of the molecule is CN1CCNCC1c1noc(Cc2ccc(Br)cc2)n1.Cl. The number of benzene rings is 1. The Morgan fingerprint density at radius 1 is 1.38 bits per heavy atom. The van der Waals surface area contributed by atoms with Gasteiger partial charge in [0.15, 0.2) is 5.82 Å². The average molecular weight is 374 g/mol.